The highest BCUT2D eigenvalue weighted by Crippen LogP contribution is 2.29. The molecule has 3 rings (SSSR count). The summed E-state index contributed by atoms with van der Waals surface area (Å²) in [7, 11) is 2.98. The molecule has 0 atom stereocenters. The number of hydrogen-bond acceptors (Lipinski definition) is 7. The third-order valence-corrected chi connectivity index (χ3v) is 5.08. The van der Waals surface area contributed by atoms with E-state index < -0.39 is 11.9 Å². The molecule has 3 aromatic carbocycles. The molecule has 10 heteroatoms. The van der Waals surface area contributed by atoms with E-state index in [4.69, 9.17) is 30.5 Å². The minimum absolute atomic E-state index is 0.246. The normalized spacial score (nSPS) is 10.6. The SMILES string of the molecule is COc1ccc(C(=O)Oc2ccc(Br)cc2/C=N\NC(=O)COc2cccc(Cl)c2)cc1OC. The maximum atomic E-state index is 12.7. The number of hydrogen-bond donors (Lipinski definition) is 1. The molecule has 0 saturated carbocycles. The highest BCUT2D eigenvalue weighted by atomic mass is 79.9. The second-order valence-electron chi connectivity index (χ2n) is 6.68. The smallest absolute Gasteiger partial charge is 0.343 e. The number of carbonyl (C=O) groups excluding carboxylic acids is 2. The number of esters is 1. The second-order valence-corrected chi connectivity index (χ2v) is 8.03. The van der Waals surface area contributed by atoms with E-state index in [0.717, 1.165) is 4.47 Å². The number of halogens is 2. The Bertz CT molecular complexity index is 1220. The number of ether oxygens (including phenoxy) is 4. The summed E-state index contributed by atoms with van der Waals surface area (Å²) < 4.78 is 22.0. The third kappa shape index (κ3) is 6.97. The van der Waals surface area contributed by atoms with Gasteiger partial charge in [0.15, 0.2) is 18.1 Å². The summed E-state index contributed by atoms with van der Waals surface area (Å²) in [5, 5.41) is 4.42. The van der Waals surface area contributed by atoms with Crippen LogP contribution in [0.4, 0.5) is 0 Å². The molecule has 0 aliphatic heterocycles. The van der Waals surface area contributed by atoms with Gasteiger partial charge in [-0.1, -0.05) is 33.6 Å². The molecule has 0 aliphatic carbocycles. The predicted octanol–water partition coefficient (Wildman–Crippen LogP) is 4.87. The van der Waals surface area contributed by atoms with Crippen molar-refractivity contribution in [1.82, 2.24) is 5.43 Å². The zero-order valence-corrected chi connectivity index (χ0v) is 20.6. The fourth-order valence-electron chi connectivity index (χ4n) is 2.75. The van der Waals surface area contributed by atoms with Crippen molar-refractivity contribution in [2.24, 2.45) is 5.10 Å². The maximum absolute atomic E-state index is 12.7. The number of carbonyl (C=O) groups is 2. The van der Waals surface area contributed by atoms with E-state index in [0.29, 0.717) is 27.8 Å². The van der Waals surface area contributed by atoms with E-state index in [1.165, 1.54) is 26.5 Å². The molecule has 0 fully saturated rings. The van der Waals surface area contributed by atoms with Crippen LogP contribution >= 0.6 is 27.5 Å². The second kappa shape index (κ2) is 12.1. The zero-order valence-electron chi connectivity index (χ0n) is 18.2. The van der Waals surface area contributed by atoms with Crippen molar-refractivity contribution in [2.45, 2.75) is 0 Å². The van der Waals surface area contributed by atoms with Crippen LogP contribution in [-0.4, -0.2) is 38.9 Å². The molecule has 0 bridgehead atoms. The third-order valence-electron chi connectivity index (χ3n) is 4.35. The van der Waals surface area contributed by atoms with Gasteiger partial charge in [0.1, 0.15) is 11.5 Å². The van der Waals surface area contributed by atoms with Gasteiger partial charge in [-0.05, 0) is 54.6 Å². The minimum atomic E-state index is -0.600. The van der Waals surface area contributed by atoms with Crippen molar-refractivity contribution < 1.29 is 28.5 Å². The Morgan fingerprint density at radius 3 is 2.50 bits per heavy atom. The first-order valence-corrected chi connectivity index (χ1v) is 11.0. The lowest BCUT2D eigenvalue weighted by Gasteiger charge is -2.11. The van der Waals surface area contributed by atoms with Crippen molar-refractivity contribution in [3.63, 3.8) is 0 Å². The summed E-state index contributed by atoms with van der Waals surface area (Å²) in [6, 6.07) is 16.4. The van der Waals surface area contributed by atoms with Crippen molar-refractivity contribution in [1.29, 1.82) is 0 Å². The fraction of sp³-hybridized carbons (Fsp3) is 0.125. The highest BCUT2D eigenvalue weighted by molar-refractivity contribution is 9.10. The van der Waals surface area contributed by atoms with Crippen LogP contribution in [0.2, 0.25) is 5.02 Å². The van der Waals surface area contributed by atoms with Crippen molar-refractivity contribution >= 4 is 45.6 Å². The molecule has 176 valence electrons. The van der Waals surface area contributed by atoms with E-state index in [9.17, 15) is 9.59 Å². The van der Waals surface area contributed by atoms with Crippen LogP contribution in [0.25, 0.3) is 0 Å². The molecule has 8 nitrogen and oxygen atoms in total. The Morgan fingerprint density at radius 1 is 1.00 bits per heavy atom. The summed E-state index contributed by atoms with van der Waals surface area (Å²) in [6.45, 7) is -0.253. The number of rotatable bonds is 9. The van der Waals surface area contributed by atoms with Crippen LogP contribution in [0.1, 0.15) is 15.9 Å². The van der Waals surface area contributed by atoms with Gasteiger partial charge in [0, 0.05) is 15.1 Å². The number of amides is 1. The van der Waals surface area contributed by atoms with Gasteiger partial charge in [0.25, 0.3) is 5.91 Å². The standard InChI is InChI=1S/C24H20BrClN2O6/c1-31-21-8-6-15(11-22(21)32-2)24(30)34-20-9-7-17(25)10-16(20)13-27-28-23(29)14-33-19-5-3-4-18(26)12-19/h3-13H,14H2,1-2H3,(H,28,29)/b27-13-. The average molecular weight is 548 g/mol. The van der Waals surface area contributed by atoms with Gasteiger partial charge < -0.3 is 18.9 Å². The van der Waals surface area contributed by atoms with Crippen molar-refractivity contribution in [3.8, 4) is 23.0 Å². The van der Waals surface area contributed by atoms with Crippen LogP contribution in [0, 0.1) is 0 Å². The van der Waals surface area contributed by atoms with Gasteiger partial charge in [-0.15, -0.1) is 0 Å². The Balaban J connectivity index is 1.65. The summed E-state index contributed by atoms with van der Waals surface area (Å²) in [6.07, 6.45) is 1.36. The fourth-order valence-corrected chi connectivity index (χ4v) is 3.31. The van der Waals surface area contributed by atoms with E-state index in [-0.39, 0.29) is 17.9 Å². The lowest BCUT2D eigenvalue weighted by molar-refractivity contribution is -0.123. The molecular weight excluding hydrogens is 528 g/mol. The monoisotopic (exact) mass is 546 g/mol. The summed E-state index contributed by atoms with van der Waals surface area (Å²) in [5.41, 5.74) is 3.09. The van der Waals surface area contributed by atoms with Crippen LogP contribution in [0.15, 0.2) is 70.2 Å². The topological polar surface area (TPSA) is 95.5 Å². The lowest BCUT2D eigenvalue weighted by Crippen LogP contribution is -2.24. The Hall–Kier alpha value is -3.56. The molecule has 0 unspecified atom stereocenters. The Labute approximate surface area is 209 Å². The molecule has 0 radical (unpaired) electrons. The van der Waals surface area contributed by atoms with Gasteiger partial charge in [-0.25, -0.2) is 10.2 Å². The van der Waals surface area contributed by atoms with Gasteiger partial charge in [0.05, 0.1) is 26.0 Å². The summed E-state index contributed by atoms with van der Waals surface area (Å²) >= 11 is 9.26. The van der Waals surface area contributed by atoms with Gasteiger partial charge >= 0.3 is 5.97 Å². The van der Waals surface area contributed by atoms with E-state index in [1.807, 2.05) is 0 Å². The molecule has 0 heterocycles. The molecule has 1 amide bonds. The predicted molar refractivity (Wildman–Crippen MR) is 131 cm³/mol. The average Bonchev–Trinajstić information content (AvgIpc) is 2.83. The first-order valence-electron chi connectivity index (χ1n) is 9.83. The number of benzene rings is 3. The van der Waals surface area contributed by atoms with Gasteiger partial charge in [-0.2, -0.15) is 5.10 Å². The molecule has 0 saturated heterocycles. The van der Waals surface area contributed by atoms with Gasteiger partial charge in [-0.3, -0.25) is 4.79 Å². The Morgan fingerprint density at radius 2 is 1.76 bits per heavy atom. The zero-order chi connectivity index (χ0) is 24.5. The molecule has 3 aromatic rings. The van der Waals surface area contributed by atoms with Crippen LogP contribution < -0.4 is 24.4 Å². The van der Waals surface area contributed by atoms with Crippen LogP contribution in [0.3, 0.4) is 0 Å². The first-order chi connectivity index (χ1) is 16.4. The quantitative estimate of drug-likeness (QED) is 0.178. The molecule has 0 aliphatic rings. The summed E-state index contributed by atoms with van der Waals surface area (Å²) in [5.74, 6) is 0.522. The van der Waals surface area contributed by atoms with Crippen molar-refractivity contribution in [2.75, 3.05) is 20.8 Å². The minimum Gasteiger partial charge on any atom is -0.493 e. The summed E-state index contributed by atoms with van der Waals surface area (Å²) in [4.78, 5) is 24.7. The molecule has 0 spiro atoms. The van der Waals surface area contributed by atoms with E-state index >= 15 is 0 Å². The van der Waals surface area contributed by atoms with Gasteiger partial charge in [0.2, 0.25) is 0 Å². The van der Waals surface area contributed by atoms with Crippen LogP contribution in [0.5, 0.6) is 23.0 Å². The molecule has 34 heavy (non-hydrogen) atoms. The number of hydrazone groups is 1. The number of nitrogens with one attached hydrogen (secondary N) is 1. The molecular formula is C24H20BrClN2O6. The van der Waals surface area contributed by atoms with Crippen LogP contribution in [-0.2, 0) is 4.79 Å². The lowest BCUT2D eigenvalue weighted by atomic mass is 10.2. The Kier molecular flexibility index (Phi) is 8.89. The number of nitrogens with zero attached hydrogens (tertiary/aromatic N) is 1. The maximum Gasteiger partial charge on any atom is 0.343 e. The highest BCUT2D eigenvalue weighted by Gasteiger charge is 2.15. The first kappa shape index (κ1) is 25.1. The molecule has 1 N–H and O–H groups in total. The number of methoxy groups -OCH3 is 2. The largest absolute Gasteiger partial charge is 0.493 e. The van der Waals surface area contributed by atoms with E-state index in [2.05, 4.69) is 26.5 Å². The molecule has 0 aromatic heterocycles. The van der Waals surface area contributed by atoms with E-state index in [1.54, 1.807) is 54.6 Å². The van der Waals surface area contributed by atoms with Crippen molar-refractivity contribution in [3.05, 3.63) is 81.3 Å².